The van der Waals surface area contributed by atoms with Crippen molar-refractivity contribution in [2.24, 2.45) is 0 Å². The van der Waals surface area contributed by atoms with Crippen molar-refractivity contribution in [3.05, 3.63) is 34.9 Å². The highest BCUT2D eigenvalue weighted by molar-refractivity contribution is 5.47. The van der Waals surface area contributed by atoms with Crippen LogP contribution in [0.5, 0.6) is 0 Å². The summed E-state index contributed by atoms with van der Waals surface area (Å²) in [6.45, 7) is 8.38. The van der Waals surface area contributed by atoms with Crippen molar-refractivity contribution in [2.75, 3.05) is 32.7 Å². The quantitative estimate of drug-likeness (QED) is 0.829. The number of hydrogen-bond donors (Lipinski definition) is 1. The van der Waals surface area contributed by atoms with Crippen LogP contribution >= 0.6 is 0 Å². The predicted octanol–water partition coefficient (Wildman–Crippen LogP) is 1.50. The highest BCUT2D eigenvalue weighted by Crippen LogP contribution is 2.22. The normalized spacial score (nSPS) is 18.1. The molecule has 0 aliphatic carbocycles. The van der Waals surface area contributed by atoms with Crippen LogP contribution in [0.25, 0.3) is 0 Å². The summed E-state index contributed by atoms with van der Waals surface area (Å²) in [6, 6.07) is 6.19. The number of amides is 1. The maximum atomic E-state index is 10.7. The first kappa shape index (κ1) is 15.0. The molecule has 20 heavy (non-hydrogen) atoms. The summed E-state index contributed by atoms with van der Waals surface area (Å²) >= 11 is 0. The van der Waals surface area contributed by atoms with Crippen molar-refractivity contribution in [2.45, 2.75) is 26.4 Å². The van der Waals surface area contributed by atoms with Crippen LogP contribution in [0.3, 0.4) is 0 Å². The lowest BCUT2D eigenvalue weighted by molar-refractivity contribution is -0.119. The van der Waals surface area contributed by atoms with Crippen molar-refractivity contribution in [3.8, 4) is 0 Å². The fourth-order valence-corrected chi connectivity index (χ4v) is 2.75. The van der Waals surface area contributed by atoms with E-state index in [2.05, 4.69) is 30.9 Å². The lowest BCUT2D eigenvalue weighted by Gasteiger charge is -2.33. The van der Waals surface area contributed by atoms with E-state index in [1.54, 1.807) is 4.90 Å². The molecule has 1 unspecified atom stereocenters. The minimum absolute atomic E-state index is 0.403. The third kappa shape index (κ3) is 3.81. The van der Waals surface area contributed by atoms with Crippen LogP contribution in [0.2, 0.25) is 0 Å². The fraction of sp³-hybridized carbons (Fsp3) is 0.562. The Kier molecular flexibility index (Phi) is 5.15. The Labute approximate surface area is 121 Å². The second kappa shape index (κ2) is 6.86. The maximum absolute atomic E-state index is 10.7. The summed E-state index contributed by atoms with van der Waals surface area (Å²) in [4.78, 5) is 14.8. The number of piperazine rings is 1. The third-order valence-electron chi connectivity index (χ3n) is 4.06. The molecule has 110 valence electrons. The number of rotatable bonds is 5. The van der Waals surface area contributed by atoms with E-state index in [0.29, 0.717) is 0 Å². The first-order valence-corrected chi connectivity index (χ1v) is 7.27. The van der Waals surface area contributed by atoms with E-state index in [-0.39, 0.29) is 0 Å². The summed E-state index contributed by atoms with van der Waals surface area (Å²) in [5, 5.41) is 10.3. The van der Waals surface area contributed by atoms with Gasteiger partial charge in [0.05, 0.1) is 6.10 Å². The van der Waals surface area contributed by atoms with Crippen LogP contribution < -0.4 is 0 Å². The molecular formula is C16H24N2O2. The van der Waals surface area contributed by atoms with E-state index in [0.717, 1.165) is 56.7 Å². The zero-order valence-corrected chi connectivity index (χ0v) is 12.4. The highest BCUT2D eigenvalue weighted by atomic mass is 16.3. The zero-order chi connectivity index (χ0) is 14.5. The van der Waals surface area contributed by atoms with Gasteiger partial charge in [0.2, 0.25) is 6.41 Å². The van der Waals surface area contributed by atoms with Crippen molar-refractivity contribution >= 4 is 6.41 Å². The number of benzene rings is 1. The molecule has 0 aromatic heterocycles. The maximum Gasteiger partial charge on any atom is 0.209 e. The number of carbonyl (C=O) groups is 1. The standard InChI is InChI=1S/C16H24N2O2/c1-13-3-4-15(14(2)11-13)16(20)5-6-17-7-9-18(12-19)10-8-17/h3-4,11-12,16,20H,5-10H2,1-2H3. The van der Waals surface area contributed by atoms with Gasteiger partial charge < -0.3 is 10.0 Å². The molecule has 1 saturated heterocycles. The number of hydrogen-bond acceptors (Lipinski definition) is 3. The van der Waals surface area contributed by atoms with Crippen LogP contribution in [-0.4, -0.2) is 54.0 Å². The average Bonchev–Trinajstić information content (AvgIpc) is 2.45. The molecule has 1 fully saturated rings. The number of nitrogens with zero attached hydrogens (tertiary/aromatic N) is 2. The summed E-state index contributed by atoms with van der Waals surface area (Å²) in [6.07, 6.45) is 1.26. The van der Waals surface area contributed by atoms with Gasteiger partial charge in [-0.1, -0.05) is 23.8 Å². The molecule has 0 spiro atoms. The van der Waals surface area contributed by atoms with Crippen LogP contribution in [0.1, 0.15) is 29.2 Å². The second-order valence-corrected chi connectivity index (χ2v) is 5.65. The first-order valence-electron chi connectivity index (χ1n) is 7.27. The van der Waals surface area contributed by atoms with Gasteiger partial charge in [0.1, 0.15) is 0 Å². The van der Waals surface area contributed by atoms with Crippen LogP contribution in [0.15, 0.2) is 18.2 Å². The van der Waals surface area contributed by atoms with E-state index < -0.39 is 6.10 Å². The molecule has 1 N–H and O–H groups in total. The van der Waals surface area contributed by atoms with E-state index in [9.17, 15) is 9.90 Å². The molecule has 1 aromatic carbocycles. The molecule has 2 rings (SSSR count). The predicted molar refractivity (Wildman–Crippen MR) is 79.6 cm³/mol. The van der Waals surface area contributed by atoms with Gasteiger partial charge in [-0.05, 0) is 31.4 Å². The van der Waals surface area contributed by atoms with E-state index in [1.165, 1.54) is 5.56 Å². The molecule has 1 aromatic rings. The van der Waals surface area contributed by atoms with Gasteiger partial charge in [-0.15, -0.1) is 0 Å². The summed E-state index contributed by atoms with van der Waals surface area (Å²) in [5.74, 6) is 0. The van der Waals surface area contributed by atoms with Crippen molar-refractivity contribution in [1.29, 1.82) is 0 Å². The summed E-state index contributed by atoms with van der Waals surface area (Å²) < 4.78 is 0. The third-order valence-corrected chi connectivity index (χ3v) is 4.06. The Hall–Kier alpha value is -1.39. The molecule has 1 amide bonds. The van der Waals surface area contributed by atoms with Gasteiger partial charge in [-0.3, -0.25) is 9.69 Å². The molecule has 0 bridgehead atoms. The Morgan fingerprint density at radius 3 is 2.55 bits per heavy atom. The first-order chi connectivity index (χ1) is 9.60. The Balaban J connectivity index is 1.83. The fourth-order valence-electron chi connectivity index (χ4n) is 2.75. The number of carbonyl (C=O) groups excluding carboxylic acids is 1. The molecule has 1 aliphatic heterocycles. The molecule has 1 heterocycles. The molecule has 1 aliphatic rings. The molecule has 0 saturated carbocycles. The number of aliphatic hydroxyl groups is 1. The monoisotopic (exact) mass is 276 g/mol. The van der Waals surface area contributed by atoms with Gasteiger partial charge in [0.15, 0.2) is 0 Å². The summed E-state index contributed by atoms with van der Waals surface area (Å²) in [7, 11) is 0. The highest BCUT2D eigenvalue weighted by Gasteiger charge is 2.17. The Morgan fingerprint density at radius 2 is 1.95 bits per heavy atom. The molecule has 4 heteroatoms. The Morgan fingerprint density at radius 1 is 1.25 bits per heavy atom. The minimum Gasteiger partial charge on any atom is -0.388 e. The minimum atomic E-state index is -0.403. The van der Waals surface area contributed by atoms with Crippen molar-refractivity contribution < 1.29 is 9.90 Å². The van der Waals surface area contributed by atoms with Gasteiger partial charge >= 0.3 is 0 Å². The van der Waals surface area contributed by atoms with Gasteiger partial charge in [-0.2, -0.15) is 0 Å². The second-order valence-electron chi connectivity index (χ2n) is 5.65. The van der Waals surface area contributed by atoms with Gasteiger partial charge in [0, 0.05) is 32.7 Å². The van der Waals surface area contributed by atoms with Crippen molar-refractivity contribution in [3.63, 3.8) is 0 Å². The molecular weight excluding hydrogens is 252 g/mol. The van der Waals surface area contributed by atoms with Crippen molar-refractivity contribution in [1.82, 2.24) is 9.80 Å². The lowest BCUT2D eigenvalue weighted by atomic mass is 9.99. The van der Waals surface area contributed by atoms with Crippen LogP contribution in [0.4, 0.5) is 0 Å². The lowest BCUT2D eigenvalue weighted by Crippen LogP contribution is -2.46. The summed E-state index contributed by atoms with van der Waals surface area (Å²) in [5.41, 5.74) is 3.41. The number of aryl methyl sites for hydroxylation is 2. The zero-order valence-electron chi connectivity index (χ0n) is 12.4. The van der Waals surface area contributed by atoms with E-state index in [4.69, 9.17) is 0 Å². The number of aliphatic hydroxyl groups excluding tert-OH is 1. The largest absolute Gasteiger partial charge is 0.388 e. The Bertz CT molecular complexity index is 454. The van der Waals surface area contributed by atoms with Gasteiger partial charge in [-0.25, -0.2) is 0 Å². The topological polar surface area (TPSA) is 43.8 Å². The molecule has 0 radical (unpaired) electrons. The SMILES string of the molecule is Cc1ccc(C(O)CCN2CCN(C=O)CC2)c(C)c1. The smallest absolute Gasteiger partial charge is 0.209 e. The van der Waals surface area contributed by atoms with E-state index >= 15 is 0 Å². The van der Waals surface area contributed by atoms with Crippen LogP contribution in [-0.2, 0) is 4.79 Å². The van der Waals surface area contributed by atoms with E-state index in [1.807, 2.05) is 6.07 Å². The van der Waals surface area contributed by atoms with Gasteiger partial charge in [0.25, 0.3) is 0 Å². The van der Waals surface area contributed by atoms with Crippen LogP contribution in [0, 0.1) is 13.8 Å². The molecule has 1 atom stereocenters. The molecule has 4 nitrogen and oxygen atoms in total. The average molecular weight is 276 g/mol.